The fraction of sp³-hybridized carbons (Fsp3) is 0.190. The zero-order chi connectivity index (χ0) is 17.4. The molecule has 1 aliphatic rings. The van der Waals surface area contributed by atoms with E-state index < -0.39 is 0 Å². The van der Waals surface area contributed by atoms with Gasteiger partial charge in [0.1, 0.15) is 0 Å². The molecule has 126 valence electrons. The molecule has 0 aliphatic carbocycles. The number of para-hydroxylation sites is 2. The Labute approximate surface area is 147 Å². The largest absolute Gasteiger partial charge is 0.377 e. The van der Waals surface area contributed by atoms with E-state index >= 15 is 0 Å². The molecule has 2 heterocycles. The van der Waals surface area contributed by atoms with E-state index in [0.29, 0.717) is 12.1 Å². The molecule has 0 saturated carbocycles. The number of anilines is 2. The average molecular weight is 331 g/mol. The van der Waals surface area contributed by atoms with Crippen molar-refractivity contribution < 1.29 is 4.79 Å². The molecule has 1 aromatic heterocycles. The van der Waals surface area contributed by atoms with Crippen molar-refractivity contribution >= 4 is 17.3 Å². The summed E-state index contributed by atoms with van der Waals surface area (Å²) in [6.07, 6.45) is 3.98. The molecule has 4 rings (SSSR count). The summed E-state index contributed by atoms with van der Waals surface area (Å²) in [6.45, 7) is 4.85. The number of benzene rings is 2. The number of hydrogen-bond acceptors (Lipinski definition) is 2. The molecule has 0 atom stereocenters. The number of carbonyl (C=O) groups excluding carboxylic acids is 1. The number of nitrogens with one attached hydrogen (secondary N) is 1. The molecule has 1 aliphatic heterocycles. The first-order valence-electron chi connectivity index (χ1n) is 8.46. The lowest BCUT2D eigenvalue weighted by Crippen LogP contribution is -2.50. The standard InChI is InChI=1S/C21H21N3O/c1-21(2)15-24(19-8-4-3-7-18(19)22-21)20(25)16-9-11-17(12-10-16)23-13-5-6-14-23/h3-14,22H,15H2,1-2H3. The fourth-order valence-electron chi connectivity index (χ4n) is 3.32. The predicted molar refractivity (Wildman–Crippen MR) is 102 cm³/mol. The van der Waals surface area contributed by atoms with Crippen molar-refractivity contribution in [3.8, 4) is 5.69 Å². The minimum atomic E-state index is -0.172. The third kappa shape index (κ3) is 2.91. The minimum Gasteiger partial charge on any atom is -0.377 e. The SMILES string of the molecule is CC1(C)CN(C(=O)c2ccc(-n3cccc3)cc2)c2ccccc2N1. The van der Waals surface area contributed by atoms with Crippen molar-refractivity contribution in [2.45, 2.75) is 19.4 Å². The second-order valence-corrected chi connectivity index (χ2v) is 7.05. The molecule has 0 bridgehead atoms. The zero-order valence-corrected chi connectivity index (χ0v) is 14.4. The van der Waals surface area contributed by atoms with Gasteiger partial charge < -0.3 is 14.8 Å². The Bertz CT molecular complexity index is 895. The summed E-state index contributed by atoms with van der Waals surface area (Å²) in [5.74, 6) is 0.0288. The summed E-state index contributed by atoms with van der Waals surface area (Å²) < 4.78 is 2.03. The lowest BCUT2D eigenvalue weighted by atomic mass is 9.98. The van der Waals surface area contributed by atoms with Gasteiger partial charge >= 0.3 is 0 Å². The molecule has 25 heavy (non-hydrogen) atoms. The number of hydrogen-bond donors (Lipinski definition) is 1. The van der Waals surface area contributed by atoms with Gasteiger partial charge in [-0.3, -0.25) is 4.79 Å². The highest BCUT2D eigenvalue weighted by Crippen LogP contribution is 2.35. The molecule has 0 radical (unpaired) electrons. The molecule has 0 saturated heterocycles. The maximum atomic E-state index is 13.1. The molecule has 4 heteroatoms. The maximum absolute atomic E-state index is 13.1. The third-order valence-electron chi connectivity index (χ3n) is 4.48. The summed E-state index contributed by atoms with van der Waals surface area (Å²) in [5, 5.41) is 3.50. The normalized spacial score (nSPS) is 15.4. The monoisotopic (exact) mass is 331 g/mol. The molecular weight excluding hydrogens is 310 g/mol. The van der Waals surface area contributed by atoms with Gasteiger partial charge in [0.2, 0.25) is 0 Å². The Morgan fingerprint density at radius 3 is 2.36 bits per heavy atom. The van der Waals surface area contributed by atoms with Gasteiger partial charge in [-0.1, -0.05) is 12.1 Å². The van der Waals surface area contributed by atoms with Crippen molar-refractivity contribution in [1.29, 1.82) is 0 Å². The van der Waals surface area contributed by atoms with E-state index in [2.05, 4.69) is 19.2 Å². The lowest BCUT2D eigenvalue weighted by molar-refractivity contribution is 0.0981. The Balaban J connectivity index is 1.66. The van der Waals surface area contributed by atoms with Crippen LogP contribution in [0, 0.1) is 0 Å². The van der Waals surface area contributed by atoms with Crippen LogP contribution in [0.5, 0.6) is 0 Å². The Kier molecular flexibility index (Phi) is 3.61. The van der Waals surface area contributed by atoms with E-state index in [1.165, 1.54) is 0 Å². The molecule has 4 nitrogen and oxygen atoms in total. The van der Waals surface area contributed by atoms with Crippen molar-refractivity contribution in [3.63, 3.8) is 0 Å². The van der Waals surface area contributed by atoms with E-state index in [-0.39, 0.29) is 11.4 Å². The predicted octanol–water partition coefficient (Wildman–Crippen LogP) is 4.33. The van der Waals surface area contributed by atoms with Gasteiger partial charge in [-0.25, -0.2) is 0 Å². The number of aromatic nitrogens is 1. The van der Waals surface area contributed by atoms with E-state index in [1.807, 2.05) is 82.5 Å². The van der Waals surface area contributed by atoms with Crippen LogP contribution in [0.1, 0.15) is 24.2 Å². The number of rotatable bonds is 2. The first-order valence-corrected chi connectivity index (χ1v) is 8.46. The van der Waals surface area contributed by atoms with Gasteiger partial charge in [0, 0.05) is 35.7 Å². The van der Waals surface area contributed by atoms with Crippen molar-refractivity contribution in [2.75, 3.05) is 16.8 Å². The average Bonchev–Trinajstić information content (AvgIpc) is 3.14. The maximum Gasteiger partial charge on any atom is 0.258 e. The number of carbonyl (C=O) groups is 1. The first kappa shape index (κ1) is 15.5. The molecular formula is C21H21N3O. The molecule has 0 unspecified atom stereocenters. The molecule has 1 amide bonds. The first-order chi connectivity index (χ1) is 12.0. The highest BCUT2D eigenvalue weighted by atomic mass is 16.2. The van der Waals surface area contributed by atoms with Crippen LogP contribution in [0.2, 0.25) is 0 Å². The Morgan fingerprint density at radius 2 is 1.64 bits per heavy atom. The van der Waals surface area contributed by atoms with Crippen LogP contribution in [-0.4, -0.2) is 22.6 Å². The fourth-order valence-corrected chi connectivity index (χ4v) is 3.32. The highest BCUT2D eigenvalue weighted by Gasteiger charge is 2.32. The number of nitrogens with zero attached hydrogens (tertiary/aromatic N) is 2. The van der Waals surface area contributed by atoms with E-state index in [1.54, 1.807) is 0 Å². The van der Waals surface area contributed by atoms with E-state index in [4.69, 9.17) is 0 Å². The van der Waals surface area contributed by atoms with Gasteiger partial charge in [0.25, 0.3) is 5.91 Å². The van der Waals surface area contributed by atoms with Crippen LogP contribution >= 0.6 is 0 Å². The summed E-state index contributed by atoms with van der Waals surface area (Å²) in [7, 11) is 0. The number of amides is 1. The van der Waals surface area contributed by atoms with Gasteiger partial charge in [0.05, 0.1) is 11.4 Å². The van der Waals surface area contributed by atoms with Crippen LogP contribution in [-0.2, 0) is 0 Å². The van der Waals surface area contributed by atoms with Crippen LogP contribution in [0.3, 0.4) is 0 Å². The second-order valence-electron chi connectivity index (χ2n) is 7.05. The van der Waals surface area contributed by atoms with Crippen LogP contribution in [0.25, 0.3) is 5.69 Å². The molecule has 1 N–H and O–H groups in total. The molecule has 0 fully saturated rings. The van der Waals surface area contributed by atoms with E-state index in [0.717, 1.165) is 17.1 Å². The summed E-state index contributed by atoms with van der Waals surface area (Å²) in [4.78, 5) is 15.0. The van der Waals surface area contributed by atoms with Gasteiger partial charge in [-0.2, -0.15) is 0 Å². The van der Waals surface area contributed by atoms with Crippen LogP contribution in [0.4, 0.5) is 11.4 Å². The number of fused-ring (bicyclic) bond motifs is 1. The lowest BCUT2D eigenvalue weighted by Gasteiger charge is -2.40. The molecule has 2 aromatic carbocycles. The molecule has 3 aromatic rings. The van der Waals surface area contributed by atoms with Crippen LogP contribution < -0.4 is 10.2 Å². The topological polar surface area (TPSA) is 37.3 Å². The van der Waals surface area contributed by atoms with E-state index in [9.17, 15) is 4.79 Å². The Hall–Kier alpha value is -3.01. The van der Waals surface area contributed by atoms with Crippen LogP contribution in [0.15, 0.2) is 73.1 Å². The van der Waals surface area contributed by atoms with Crippen molar-refractivity contribution in [1.82, 2.24) is 4.57 Å². The summed E-state index contributed by atoms with van der Waals surface area (Å²) in [5.41, 5.74) is 3.50. The third-order valence-corrected chi connectivity index (χ3v) is 4.48. The minimum absolute atomic E-state index is 0.0288. The van der Waals surface area contributed by atoms with Crippen molar-refractivity contribution in [2.24, 2.45) is 0 Å². The van der Waals surface area contributed by atoms with Crippen molar-refractivity contribution in [3.05, 3.63) is 78.6 Å². The Morgan fingerprint density at radius 1 is 0.960 bits per heavy atom. The smallest absolute Gasteiger partial charge is 0.258 e. The molecule has 0 spiro atoms. The summed E-state index contributed by atoms with van der Waals surface area (Å²) in [6, 6.07) is 19.7. The van der Waals surface area contributed by atoms with Gasteiger partial charge in [0.15, 0.2) is 0 Å². The second kappa shape index (κ2) is 5.81. The highest BCUT2D eigenvalue weighted by molar-refractivity contribution is 6.08. The summed E-state index contributed by atoms with van der Waals surface area (Å²) >= 11 is 0. The van der Waals surface area contributed by atoms with Gasteiger partial charge in [-0.15, -0.1) is 0 Å². The van der Waals surface area contributed by atoms with Gasteiger partial charge in [-0.05, 0) is 62.4 Å². The quantitative estimate of drug-likeness (QED) is 0.759. The zero-order valence-electron chi connectivity index (χ0n) is 14.4.